The summed E-state index contributed by atoms with van der Waals surface area (Å²) in [7, 11) is 0. The molecule has 0 bridgehead atoms. The standard InChI is InChI=1S/C13H20N4O2/c1-4-15-9-5-6-10(16-7-9)13(19)17-11(8(2)3)12(14)18/h5-8,11,15H,4H2,1-3H3,(H2,14,18)(H,17,19). The first-order chi connectivity index (χ1) is 8.95. The molecule has 104 valence electrons. The maximum Gasteiger partial charge on any atom is 0.270 e. The molecule has 6 nitrogen and oxygen atoms in total. The zero-order valence-corrected chi connectivity index (χ0v) is 11.4. The molecule has 0 aliphatic rings. The highest BCUT2D eigenvalue weighted by atomic mass is 16.2. The van der Waals surface area contributed by atoms with Gasteiger partial charge in [0.25, 0.3) is 5.91 Å². The Kier molecular flexibility index (Phi) is 5.29. The van der Waals surface area contributed by atoms with Gasteiger partial charge in [-0.15, -0.1) is 0 Å². The van der Waals surface area contributed by atoms with Gasteiger partial charge in [0.05, 0.1) is 11.9 Å². The molecule has 4 N–H and O–H groups in total. The molecule has 0 aliphatic heterocycles. The molecule has 0 spiro atoms. The highest BCUT2D eigenvalue weighted by Crippen LogP contribution is 2.07. The van der Waals surface area contributed by atoms with E-state index in [9.17, 15) is 9.59 Å². The van der Waals surface area contributed by atoms with Crippen molar-refractivity contribution in [2.45, 2.75) is 26.8 Å². The number of pyridine rings is 1. The Balaban J connectivity index is 2.74. The number of hydrogen-bond acceptors (Lipinski definition) is 4. The van der Waals surface area contributed by atoms with Crippen molar-refractivity contribution in [1.29, 1.82) is 0 Å². The molecular weight excluding hydrogens is 244 g/mol. The van der Waals surface area contributed by atoms with Crippen LogP contribution in [0.5, 0.6) is 0 Å². The van der Waals surface area contributed by atoms with Gasteiger partial charge >= 0.3 is 0 Å². The van der Waals surface area contributed by atoms with E-state index in [2.05, 4.69) is 15.6 Å². The van der Waals surface area contributed by atoms with Crippen molar-refractivity contribution in [1.82, 2.24) is 10.3 Å². The Bertz CT molecular complexity index is 442. The molecule has 0 saturated heterocycles. The Morgan fingerprint density at radius 2 is 2.05 bits per heavy atom. The molecule has 19 heavy (non-hydrogen) atoms. The molecule has 1 rings (SSSR count). The summed E-state index contributed by atoms with van der Waals surface area (Å²) >= 11 is 0. The van der Waals surface area contributed by atoms with Crippen molar-refractivity contribution in [2.24, 2.45) is 11.7 Å². The van der Waals surface area contributed by atoms with Crippen LogP contribution in [0, 0.1) is 5.92 Å². The lowest BCUT2D eigenvalue weighted by Gasteiger charge is -2.18. The lowest BCUT2D eigenvalue weighted by atomic mass is 10.0. The highest BCUT2D eigenvalue weighted by molar-refractivity contribution is 5.96. The van der Waals surface area contributed by atoms with Gasteiger partial charge < -0.3 is 16.4 Å². The minimum Gasteiger partial charge on any atom is -0.384 e. The van der Waals surface area contributed by atoms with E-state index in [0.29, 0.717) is 0 Å². The normalized spacial score (nSPS) is 12.0. The third kappa shape index (κ3) is 4.24. The van der Waals surface area contributed by atoms with Crippen LogP contribution in [0.2, 0.25) is 0 Å². The summed E-state index contributed by atoms with van der Waals surface area (Å²) in [4.78, 5) is 27.2. The van der Waals surface area contributed by atoms with Crippen molar-refractivity contribution in [3.05, 3.63) is 24.0 Å². The molecule has 1 atom stereocenters. The van der Waals surface area contributed by atoms with Crippen molar-refractivity contribution in [3.8, 4) is 0 Å². The summed E-state index contributed by atoms with van der Waals surface area (Å²) in [6.45, 7) is 6.39. The van der Waals surface area contributed by atoms with E-state index in [1.807, 2.05) is 20.8 Å². The van der Waals surface area contributed by atoms with Gasteiger partial charge in [-0.1, -0.05) is 13.8 Å². The van der Waals surface area contributed by atoms with Gasteiger partial charge in [0, 0.05) is 6.54 Å². The number of hydrogen-bond donors (Lipinski definition) is 3. The van der Waals surface area contributed by atoms with Gasteiger partial charge in [0.2, 0.25) is 5.91 Å². The number of carbonyl (C=O) groups excluding carboxylic acids is 2. The lowest BCUT2D eigenvalue weighted by molar-refractivity contribution is -0.120. The largest absolute Gasteiger partial charge is 0.384 e. The first-order valence-electron chi connectivity index (χ1n) is 6.25. The molecule has 0 fully saturated rings. The van der Waals surface area contributed by atoms with Gasteiger partial charge in [0.1, 0.15) is 11.7 Å². The fourth-order valence-corrected chi connectivity index (χ4v) is 1.62. The number of amides is 2. The van der Waals surface area contributed by atoms with E-state index in [0.717, 1.165) is 12.2 Å². The number of primary amides is 1. The number of carbonyl (C=O) groups is 2. The third-order valence-electron chi connectivity index (χ3n) is 2.64. The fraction of sp³-hybridized carbons (Fsp3) is 0.462. The number of rotatable bonds is 6. The first-order valence-corrected chi connectivity index (χ1v) is 6.25. The van der Waals surface area contributed by atoms with Crippen molar-refractivity contribution < 1.29 is 9.59 Å². The van der Waals surface area contributed by atoms with E-state index in [4.69, 9.17) is 5.73 Å². The summed E-state index contributed by atoms with van der Waals surface area (Å²) in [6.07, 6.45) is 1.58. The Morgan fingerprint density at radius 1 is 1.37 bits per heavy atom. The molecule has 6 heteroatoms. The number of aromatic nitrogens is 1. The SMILES string of the molecule is CCNc1ccc(C(=O)NC(C(N)=O)C(C)C)nc1. The zero-order chi connectivity index (χ0) is 14.4. The maximum absolute atomic E-state index is 11.9. The van der Waals surface area contributed by atoms with E-state index in [1.54, 1.807) is 18.3 Å². The monoisotopic (exact) mass is 264 g/mol. The smallest absolute Gasteiger partial charge is 0.270 e. The summed E-state index contributed by atoms with van der Waals surface area (Å²) < 4.78 is 0. The molecule has 1 unspecified atom stereocenters. The van der Waals surface area contributed by atoms with Crippen molar-refractivity contribution >= 4 is 17.5 Å². The second-order valence-electron chi connectivity index (χ2n) is 4.56. The fourth-order valence-electron chi connectivity index (χ4n) is 1.62. The van der Waals surface area contributed by atoms with Gasteiger partial charge in [-0.3, -0.25) is 9.59 Å². The van der Waals surface area contributed by atoms with Crippen LogP contribution in [0.1, 0.15) is 31.3 Å². The van der Waals surface area contributed by atoms with E-state index >= 15 is 0 Å². The van der Waals surface area contributed by atoms with Crippen LogP contribution in [0.15, 0.2) is 18.3 Å². The van der Waals surface area contributed by atoms with Crippen LogP contribution in [-0.2, 0) is 4.79 Å². The Hall–Kier alpha value is -2.11. The van der Waals surface area contributed by atoms with Crippen molar-refractivity contribution in [3.63, 3.8) is 0 Å². The minimum absolute atomic E-state index is 0.0671. The second-order valence-corrected chi connectivity index (χ2v) is 4.56. The summed E-state index contributed by atoms with van der Waals surface area (Å²) in [5.74, 6) is -1.02. The highest BCUT2D eigenvalue weighted by Gasteiger charge is 2.22. The quantitative estimate of drug-likeness (QED) is 0.706. The van der Waals surface area contributed by atoms with E-state index in [-0.39, 0.29) is 11.6 Å². The lowest BCUT2D eigenvalue weighted by Crippen LogP contribution is -2.47. The third-order valence-corrected chi connectivity index (χ3v) is 2.64. The number of nitrogens with two attached hydrogens (primary N) is 1. The van der Waals surface area contributed by atoms with Gasteiger partial charge in [-0.05, 0) is 25.0 Å². The molecule has 0 aromatic carbocycles. The zero-order valence-electron chi connectivity index (χ0n) is 11.4. The predicted molar refractivity (Wildman–Crippen MR) is 73.7 cm³/mol. The van der Waals surface area contributed by atoms with E-state index in [1.165, 1.54) is 0 Å². The van der Waals surface area contributed by atoms with Gasteiger partial charge in [-0.25, -0.2) is 4.98 Å². The van der Waals surface area contributed by atoms with Crippen LogP contribution >= 0.6 is 0 Å². The molecule has 1 aromatic rings. The van der Waals surface area contributed by atoms with Crippen LogP contribution in [0.25, 0.3) is 0 Å². The van der Waals surface area contributed by atoms with Crippen LogP contribution in [0.3, 0.4) is 0 Å². The van der Waals surface area contributed by atoms with Gasteiger partial charge in [-0.2, -0.15) is 0 Å². The molecule has 1 heterocycles. The van der Waals surface area contributed by atoms with Crippen LogP contribution < -0.4 is 16.4 Å². The molecule has 0 saturated carbocycles. The Morgan fingerprint density at radius 3 is 2.47 bits per heavy atom. The van der Waals surface area contributed by atoms with Crippen LogP contribution in [-0.4, -0.2) is 29.4 Å². The average molecular weight is 264 g/mol. The second kappa shape index (κ2) is 6.72. The average Bonchev–Trinajstić information content (AvgIpc) is 2.36. The predicted octanol–water partition coefficient (Wildman–Crippen LogP) is 0.753. The summed E-state index contributed by atoms with van der Waals surface area (Å²) in [6, 6.07) is 2.67. The topological polar surface area (TPSA) is 97.1 Å². The number of anilines is 1. The Labute approximate surface area is 112 Å². The van der Waals surface area contributed by atoms with E-state index < -0.39 is 17.9 Å². The molecule has 2 amide bonds. The summed E-state index contributed by atoms with van der Waals surface area (Å²) in [5, 5.41) is 5.67. The molecular formula is C13H20N4O2. The minimum atomic E-state index is -0.692. The number of nitrogens with zero attached hydrogens (tertiary/aromatic N) is 1. The first kappa shape index (κ1) is 14.9. The summed E-state index contributed by atoms with van der Waals surface area (Å²) in [5.41, 5.74) is 6.34. The van der Waals surface area contributed by atoms with Crippen LogP contribution in [0.4, 0.5) is 5.69 Å². The maximum atomic E-state index is 11.9. The molecule has 0 radical (unpaired) electrons. The van der Waals surface area contributed by atoms with Crippen molar-refractivity contribution in [2.75, 3.05) is 11.9 Å². The molecule has 1 aromatic heterocycles. The van der Waals surface area contributed by atoms with Gasteiger partial charge in [0.15, 0.2) is 0 Å². The molecule has 0 aliphatic carbocycles. The number of nitrogens with one attached hydrogen (secondary N) is 2.